The topological polar surface area (TPSA) is 85.2 Å². The first-order valence-corrected chi connectivity index (χ1v) is 12.5. The number of hydrogen-bond acceptors (Lipinski definition) is 6. The number of aromatic hydroxyl groups is 2. The van der Waals surface area contributed by atoms with E-state index in [1.165, 1.54) is 18.2 Å². The van der Waals surface area contributed by atoms with Crippen LogP contribution in [0.2, 0.25) is 0 Å². The number of hydrogen-bond donors (Lipinski definition) is 2. The third kappa shape index (κ3) is 8.13. The van der Waals surface area contributed by atoms with Crippen molar-refractivity contribution in [3.63, 3.8) is 0 Å². The van der Waals surface area contributed by atoms with Gasteiger partial charge < -0.3 is 23.8 Å². The van der Waals surface area contributed by atoms with Gasteiger partial charge in [-0.3, -0.25) is 0 Å². The van der Waals surface area contributed by atoms with Crippen LogP contribution in [0.1, 0.15) is 26.3 Å². The summed E-state index contributed by atoms with van der Waals surface area (Å²) in [5.41, 5.74) is 0.722. The Bertz CT molecular complexity index is 1190. The van der Waals surface area contributed by atoms with Crippen molar-refractivity contribution in [3.05, 3.63) is 115 Å². The summed E-state index contributed by atoms with van der Waals surface area (Å²) in [5.74, 6) is 1.46. The van der Waals surface area contributed by atoms with Crippen LogP contribution in [0.15, 0.2) is 109 Å². The van der Waals surface area contributed by atoms with Crippen molar-refractivity contribution in [1.82, 2.24) is 0 Å². The lowest BCUT2D eigenvalue weighted by molar-refractivity contribution is 0.296. The molecular weight excluding hydrogens is 463 g/mol. The molecule has 0 radical (unpaired) electrons. The quantitative estimate of drug-likeness (QED) is 0.268. The molecule has 2 N–H and O–H groups in total. The van der Waals surface area contributed by atoms with Gasteiger partial charge in [-0.2, -0.15) is 4.57 Å². The molecule has 4 aromatic rings. The minimum atomic E-state index is -3.98. The first-order valence-electron chi connectivity index (χ1n) is 11.0. The van der Waals surface area contributed by atoms with Crippen LogP contribution in [-0.2, 0) is 9.98 Å². The molecule has 0 aliphatic rings. The summed E-state index contributed by atoms with van der Waals surface area (Å²) in [4.78, 5) is 0. The molecule has 0 heterocycles. The SMILES string of the molecule is CC(C)(C)c1ccccc1OP(=O)(Oc1ccccc1)Oc1ccccc1.Oc1cccc(O)c1. The maximum atomic E-state index is 13.5. The third-order valence-corrected chi connectivity index (χ3v) is 5.94. The predicted molar refractivity (Wildman–Crippen MR) is 137 cm³/mol. The van der Waals surface area contributed by atoms with Gasteiger partial charge in [0.05, 0.1) is 0 Å². The number of phenolic OH excluding ortho intramolecular Hbond substituents is 2. The molecular formula is C28H29O6P. The maximum Gasteiger partial charge on any atom is 0.647 e. The highest BCUT2D eigenvalue weighted by Crippen LogP contribution is 2.51. The minimum Gasteiger partial charge on any atom is -0.508 e. The maximum absolute atomic E-state index is 13.5. The van der Waals surface area contributed by atoms with Crippen molar-refractivity contribution in [1.29, 1.82) is 0 Å². The molecule has 0 aliphatic heterocycles. The number of phenols is 2. The van der Waals surface area contributed by atoms with Crippen LogP contribution in [0.3, 0.4) is 0 Å². The number of benzene rings is 4. The van der Waals surface area contributed by atoms with E-state index in [0.29, 0.717) is 17.2 Å². The van der Waals surface area contributed by atoms with Gasteiger partial charge in [0, 0.05) is 11.6 Å². The van der Waals surface area contributed by atoms with Gasteiger partial charge >= 0.3 is 7.82 Å². The van der Waals surface area contributed by atoms with Crippen LogP contribution in [0.4, 0.5) is 0 Å². The fraction of sp³-hybridized carbons (Fsp3) is 0.143. The van der Waals surface area contributed by atoms with Crippen molar-refractivity contribution >= 4 is 7.82 Å². The molecule has 0 saturated carbocycles. The molecule has 6 nitrogen and oxygen atoms in total. The summed E-state index contributed by atoms with van der Waals surface area (Å²) in [6, 6.07) is 31.1. The summed E-state index contributed by atoms with van der Waals surface area (Å²) in [7, 11) is -3.98. The molecule has 4 aromatic carbocycles. The van der Waals surface area contributed by atoms with Crippen molar-refractivity contribution < 1.29 is 28.3 Å². The van der Waals surface area contributed by atoms with Gasteiger partial charge in [0.2, 0.25) is 0 Å². The van der Waals surface area contributed by atoms with Crippen molar-refractivity contribution in [2.24, 2.45) is 0 Å². The van der Waals surface area contributed by atoms with E-state index in [1.807, 2.05) is 30.3 Å². The molecule has 35 heavy (non-hydrogen) atoms. The summed E-state index contributed by atoms with van der Waals surface area (Å²) in [6.45, 7) is 6.20. The van der Waals surface area contributed by atoms with Crippen LogP contribution < -0.4 is 13.6 Å². The van der Waals surface area contributed by atoms with E-state index < -0.39 is 7.82 Å². The highest BCUT2D eigenvalue weighted by molar-refractivity contribution is 7.49. The fourth-order valence-corrected chi connectivity index (χ4v) is 4.33. The zero-order valence-electron chi connectivity index (χ0n) is 19.9. The van der Waals surface area contributed by atoms with Gasteiger partial charge in [-0.25, -0.2) is 0 Å². The molecule has 0 fully saturated rings. The Labute approximate surface area is 206 Å². The Morgan fingerprint density at radius 3 is 1.49 bits per heavy atom. The Morgan fingerprint density at radius 2 is 1.06 bits per heavy atom. The number of phosphoric acid groups is 1. The molecule has 0 aliphatic carbocycles. The zero-order chi connectivity index (χ0) is 25.3. The molecule has 0 aromatic heterocycles. The van der Waals surface area contributed by atoms with Crippen molar-refractivity contribution in [3.8, 4) is 28.7 Å². The van der Waals surface area contributed by atoms with E-state index in [9.17, 15) is 4.57 Å². The highest BCUT2D eigenvalue weighted by Gasteiger charge is 2.35. The minimum absolute atomic E-state index is 0.0880. The van der Waals surface area contributed by atoms with Crippen molar-refractivity contribution in [2.75, 3.05) is 0 Å². The van der Waals surface area contributed by atoms with Gasteiger partial charge in [0.1, 0.15) is 28.7 Å². The number of phosphoric ester groups is 1. The lowest BCUT2D eigenvalue weighted by Gasteiger charge is -2.25. The largest absolute Gasteiger partial charge is 0.647 e. The molecule has 0 spiro atoms. The van der Waals surface area contributed by atoms with Crippen LogP contribution in [0.25, 0.3) is 0 Å². The van der Waals surface area contributed by atoms with E-state index in [2.05, 4.69) is 20.8 Å². The predicted octanol–water partition coefficient (Wildman–Crippen LogP) is 7.73. The molecule has 0 atom stereocenters. The lowest BCUT2D eigenvalue weighted by Crippen LogP contribution is -2.15. The Kier molecular flexibility index (Phi) is 8.45. The molecule has 182 valence electrons. The van der Waals surface area contributed by atoms with Crippen molar-refractivity contribution in [2.45, 2.75) is 26.2 Å². The average Bonchev–Trinajstić information content (AvgIpc) is 2.80. The third-order valence-electron chi connectivity index (χ3n) is 4.66. The Hall–Kier alpha value is -3.89. The molecule has 0 unspecified atom stereocenters. The zero-order valence-corrected chi connectivity index (χ0v) is 20.8. The van der Waals surface area contributed by atoms with Gasteiger partial charge in [-0.15, -0.1) is 0 Å². The Morgan fingerprint density at radius 1 is 0.600 bits per heavy atom. The summed E-state index contributed by atoms with van der Waals surface area (Å²) in [5, 5.41) is 17.3. The highest BCUT2D eigenvalue weighted by atomic mass is 31.2. The van der Waals surface area contributed by atoms with E-state index >= 15 is 0 Å². The second kappa shape index (κ2) is 11.5. The van der Waals surface area contributed by atoms with E-state index in [1.54, 1.807) is 60.7 Å². The summed E-state index contributed by atoms with van der Waals surface area (Å²) < 4.78 is 30.8. The van der Waals surface area contributed by atoms with Crippen LogP contribution in [-0.4, -0.2) is 10.2 Å². The van der Waals surface area contributed by atoms with E-state index in [-0.39, 0.29) is 16.9 Å². The van der Waals surface area contributed by atoms with Crippen LogP contribution in [0.5, 0.6) is 28.7 Å². The van der Waals surface area contributed by atoms with E-state index in [0.717, 1.165) is 5.56 Å². The second-order valence-corrected chi connectivity index (χ2v) is 10.1. The molecule has 0 saturated heterocycles. The van der Waals surface area contributed by atoms with Gasteiger partial charge in [-0.1, -0.05) is 81.4 Å². The Balaban J connectivity index is 0.000000363. The first-order chi connectivity index (χ1) is 16.6. The number of para-hydroxylation sites is 3. The molecule has 0 amide bonds. The van der Waals surface area contributed by atoms with Gasteiger partial charge in [-0.05, 0) is 47.9 Å². The second-order valence-electron chi connectivity index (χ2n) is 8.61. The van der Waals surface area contributed by atoms with E-state index in [4.69, 9.17) is 23.8 Å². The van der Waals surface area contributed by atoms with Gasteiger partial charge in [0.15, 0.2) is 0 Å². The van der Waals surface area contributed by atoms with Crippen LogP contribution >= 0.6 is 7.82 Å². The first kappa shape index (κ1) is 25.7. The smallest absolute Gasteiger partial charge is 0.508 e. The average molecular weight is 493 g/mol. The monoisotopic (exact) mass is 492 g/mol. The lowest BCUT2D eigenvalue weighted by atomic mass is 9.86. The molecule has 7 heteroatoms. The number of rotatable bonds is 6. The summed E-state index contributed by atoms with van der Waals surface area (Å²) in [6.07, 6.45) is 0. The normalized spacial score (nSPS) is 11.1. The fourth-order valence-electron chi connectivity index (χ4n) is 3.06. The standard InChI is InChI=1S/C22H23O4P.C6H6O2/c1-22(2,3)20-16-10-11-17-21(20)26-27(23,24-18-12-6-4-7-13-18)25-19-14-8-5-9-15-19;7-5-2-1-3-6(8)4-5/h4-17H,1-3H3;1-4,7-8H. The molecule has 0 bridgehead atoms. The van der Waals surface area contributed by atoms with Crippen LogP contribution in [0, 0.1) is 0 Å². The molecule has 4 rings (SSSR count). The summed E-state index contributed by atoms with van der Waals surface area (Å²) >= 11 is 0. The van der Waals surface area contributed by atoms with Gasteiger partial charge in [0.25, 0.3) is 0 Å².